The van der Waals surface area contributed by atoms with E-state index < -0.39 is 0 Å². The zero-order valence-corrected chi connectivity index (χ0v) is 29.7. The van der Waals surface area contributed by atoms with E-state index in [-0.39, 0.29) is 5.97 Å². The molecule has 1 unspecified atom stereocenters. The van der Waals surface area contributed by atoms with Crippen LogP contribution in [0.5, 0.6) is 5.75 Å². The summed E-state index contributed by atoms with van der Waals surface area (Å²) in [4.78, 5) is 12.8. The van der Waals surface area contributed by atoms with Gasteiger partial charge in [0.05, 0.1) is 5.56 Å². The molecule has 0 aliphatic carbocycles. The summed E-state index contributed by atoms with van der Waals surface area (Å²) in [5.41, 5.74) is 5.61. The van der Waals surface area contributed by atoms with Crippen LogP contribution < -0.4 is 4.74 Å². The van der Waals surface area contributed by atoms with Crippen molar-refractivity contribution in [2.24, 2.45) is 5.92 Å². The fourth-order valence-electron chi connectivity index (χ4n) is 6.29. The van der Waals surface area contributed by atoms with Gasteiger partial charge in [0.15, 0.2) is 0 Å². The lowest BCUT2D eigenvalue weighted by molar-refractivity contribution is 0.0734. The number of carbonyl (C=O) groups is 1. The fraction of sp³-hybridized carbons (Fsp3) is 0.568. The molecule has 0 saturated heterocycles. The standard InChI is InChI=1S/C44H64O2/c1-4-6-7-8-9-10-11-12-13-14-15-16-17-18-19-20-23-38-27-31-42(32-28-38)44(45)46-43-35-33-41(34-36-43)40-29-25-39(26-30-40)24-21-22-37(3)5-2/h25-37H,4-24H2,1-3H3. The van der Waals surface area contributed by atoms with Gasteiger partial charge < -0.3 is 4.74 Å². The monoisotopic (exact) mass is 624 g/mol. The molecule has 0 amide bonds. The molecular formula is C44H64O2. The molecule has 0 heterocycles. The molecule has 2 heteroatoms. The molecule has 46 heavy (non-hydrogen) atoms. The number of hydrogen-bond acceptors (Lipinski definition) is 2. The number of esters is 1. The number of rotatable bonds is 25. The van der Waals surface area contributed by atoms with Crippen molar-refractivity contribution in [1.82, 2.24) is 0 Å². The predicted octanol–water partition coefficient (Wildman–Crippen LogP) is 13.7. The van der Waals surface area contributed by atoms with Crippen LogP contribution in [0.4, 0.5) is 0 Å². The zero-order chi connectivity index (χ0) is 32.7. The second kappa shape index (κ2) is 23.4. The van der Waals surface area contributed by atoms with E-state index in [1.54, 1.807) is 0 Å². The number of aryl methyl sites for hydroxylation is 2. The van der Waals surface area contributed by atoms with Gasteiger partial charge in [0.1, 0.15) is 5.75 Å². The Labute approximate surface area is 282 Å². The Balaban J connectivity index is 1.24. The Kier molecular flexibility index (Phi) is 19.2. The van der Waals surface area contributed by atoms with E-state index in [4.69, 9.17) is 4.74 Å². The molecule has 0 saturated carbocycles. The highest BCUT2D eigenvalue weighted by Crippen LogP contribution is 2.24. The van der Waals surface area contributed by atoms with Crippen molar-refractivity contribution in [3.8, 4) is 16.9 Å². The van der Waals surface area contributed by atoms with Crippen molar-refractivity contribution in [3.05, 3.63) is 89.5 Å². The molecular weight excluding hydrogens is 560 g/mol. The van der Waals surface area contributed by atoms with Gasteiger partial charge in [0.2, 0.25) is 0 Å². The second-order valence-corrected chi connectivity index (χ2v) is 13.8. The van der Waals surface area contributed by atoms with E-state index in [0.29, 0.717) is 11.3 Å². The maximum Gasteiger partial charge on any atom is 0.343 e. The third-order valence-corrected chi connectivity index (χ3v) is 9.72. The number of benzene rings is 3. The third-order valence-electron chi connectivity index (χ3n) is 9.72. The Morgan fingerprint density at radius 2 is 0.935 bits per heavy atom. The summed E-state index contributed by atoms with van der Waals surface area (Å²) in [6.45, 7) is 6.90. The lowest BCUT2D eigenvalue weighted by atomic mass is 9.98. The first-order valence-electron chi connectivity index (χ1n) is 19.1. The highest BCUT2D eigenvalue weighted by Gasteiger charge is 2.09. The summed E-state index contributed by atoms with van der Waals surface area (Å²) in [5, 5.41) is 0. The van der Waals surface area contributed by atoms with Crippen LogP contribution in [-0.4, -0.2) is 5.97 Å². The van der Waals surface area contributed by atoms with Crippen molar-refractivity contribution in [1.29, 1.82) is 0 Å². The average Bonchev–Trinajstić information content (AvgIpc) is 3.09. The molecule has 0 radical (unpaired) electrons. The van der Waals surface area contributed by atoms with Crippen molar-refractivity contribution in [2.75, 3.05) is 0 Å². The second-order valence-electron chi connectivity index (χ2n) is 13.8. The molecule has 3 aromatic rings. The smallest absolute Gasteiger partial charge is 0.343 e. The first-order chi connectivity index (χ1) is 22.6. The van der Waals surface area contributed by atoms with E-state index in [2.05, 4.69) is 57.2 Å². The lowest BCUT2D eigenvalue weighted by Gasteiger charge is -2.09. The Bertz CT molecular complexity index is 1180. The topological polar surface area (TPSA) is 26.3 Å². The van der Waals surface area contributed by atoms with Crippen molar-refractivity contribution < 1.29 is 9.53 Å². The Hall–Kier alpha value is -2.87. The molecule has 0 spiro atoms. The summed E-state index contributed by atoms with van der Waals surface area (Å²) in [7, 11) is 0. The average molecular weight is 625 g/mol. The summed E-state index contributed by atoms with van der Waals surface area (Å²) in [5.74, 6) is 1.08. The lowest BCUT2D eigenvalue weighted by Crippen LogP contribution is -2.08. The molecule has 0 aliphatic rings. The van der Waals surface area contributed by atoms with E-state index >= 15 is 0 Å². The van der Waals surface area contributed by atoms with E-state index in [9.17, 15) is 4.79 Å². The predicted molar refractivity (Wildman–Crippen MR) is 199 cm³/mol. The quantitative estimate of drug-likeness (QED) is 0.0532. The minimum Gasteiger partial charge on any atom is -0.423 e. The van der Waals surface area contributed by atoms with Gasteiger partial charge in [-0.15, -0.1) is 0 Å². The molecule has 3 aromatic carbocycles. The number of unbranched alkanes of at least 4 members (excludes halogenated alkanes) is 15. The van der Waals surface area contributed by atoms with Crippen LogP contribution in [0.15, 0.2) is 72.8 Å². The summed E-state index contributed by atoms with van der Waals surface area (Å²) in [6.07, 6.45) is 28.3. The van der Waals surface area contributed by atoms with Gasteiger partial charge in [0, 0.05) is 0 Å². The van der Waals surface area contributed by atoms with Crippen LogP contribution in [0.25, 0.3) is 11.1 Å². The van der Waals surface area contributed by atoms with Crippen LogP contribution in [0, 0.1) is 5.92 Å². The van der Waals surface area contributed by atoms with Gasteiger partial charge in [0.25, 0.3) is 0 Å². The van der Waals surface area contributed by atoms with Crippen molar-refractivity contribution in [3.63, 3.8) is 0 Å². The first kappa shape index (κ1) is 37.6. The van der Waals surface area contributed by atoms with Crippen molar-refractivity contribution >= 4 is 5.97 Å². The molecule has 1 atom stereocenters. The van der Waals surface area contributed by atoms with Crippen LogP contribution in [-0.2, 0) is 12.8 Å². The van der Waals surface area contributed by atoms with E-state index in [1.807, 2.05) is 36.4 Å². The van der Waals surface area contributed by atoms with Gasteiger partial charge >= 0.3 is 5.97 Å². The highest BCUT2D eigenvalue weighted by molar-refractivity contribution is 5.91. The summed E-state index contributed by atoms with van der Waals surface area (Å²) >= 11 is 0. The van der Waals surface area contributed by atoms with Gasteiger partial charge in [-0.05, 0) is 78.1 Å². The Morgan fingerprint density at radius 3 is 1.41 bits per heavy atom. The van der Waals surface area contributed by atoms with Crippen LogP contribution in [0.1, 0.15) is 164 Å². The molecule has 0 N–H and O–H groups in total. The minimum atomic E-state index is -0.302. The summed E-state index contributed by atoms with van der Waals surface area (Å²) in [6, 6.07) is 24.7. The SMILES string of the molecule is CCCCCCCCCCCCCCCCCCc1ccc(C(=O)Oc2ccc(-c3ccc(CCCC(C)CC)cc3)cc2)cc1. The molecule has 3 rings (SSSR count). The molecule has 252 valence electrons. The van der Waals surface area contributed by atoms with E-state index in [1.165, 1.54) is 139 Å². The largest absolute Gasteiger partial charge is 0.423 e. The molecule has 0 fully saturated rings. The Morgan fingerprint density at radius 1 is 0.522 bits per heavy atom. The van der Waals surface area contributed by atoms with Gasteiger partial charge in [-0.3, -0.25) is 0 Å². The van der Waals surface area contributed by atoms with Crippen molar-refractivity contribution in [2.45, 2.75) is 156 Å². The normalized spacial score (nSPS) is 11.9. The number of hydrogen-bond donors (Lipinski definition) is 0. The fourth-order valence-corrected chi connectivity index (χ4v) is 6.29. The first-order valence-corrected chi connectivity index (χ1v) is 19.1. The van der Waals surface area contributed by atoms with Crippen LogP contribution in [0.3, 0.4) is 0 Å². The van der Waals surface area contributed by atoms with E-state index in [0.717, 1.165) is 24.3 Å². The molecule has 0 aliphatic heterocycles. The molecule has 2 nitrogen and oxygen atoms in total. The van der Waals surface area contributed by atoms with Gasteiger partial charge in [-0.1, -0.05) is 178 Å². The maximum absolute atomic E-state index is 12.8. The maximum atomic E-state index is 12.8. The molecule has 0 bridgehead atoms. The van der Waals surface area contributed by atoms with Gasteiger partial charge in [-0.25, -0.2) is 4.79 Å². The number of ether oxygens (including phenoxy) is 1. The van der Waals surface area contributed by atoms with Gasteiger partial charge in [-0.2, -0.15) is 0 Å². The zero-order valence-electron chi connectivity index (χ0n) is 29.7. The number of carbonyl (C=O) groups excluding carboxylic acids is 1. The minimum absolute atomic E-state index is 0.302. The van der Waals surface area contributed by atoms with Crippen LogP contribution in [0.2, 0.25) is 0 Å². The molecule has 0 aromatic heterocycles. The van der Waals surface area contributed by atoms with Crippen LogP contribution >= 0.6 is 0 Å². The highest BCUT2D eigenvalue weighted by atomic mass is 16.5. The third kappa shape index (κ3) is 15.6. The summed E-state index contributed by atoms with van der Waals surface area (Å²) < 4.78 is 5.68.